The Morgan fingerprint density at radius 3 is 1.95 bits per heavy atom. The van der Waals surface area contributed by atoms with Gasteiger partial charge in [-0.1, -0.05) is 109 Å². The summed E-state index contributed by atoms with van der Waals surface area (Å²) in [5, 5.41) is 11.7. The number of fused-ring (bicyclic) bond motifs is 1. The molecule has 1 aromatic heterocycles. The minimum absolute atomic E-state index is 0.00568. The first-order valence-electron chi connectivity index (χ1n) is 14.2. The largest absolute Gasteiger partial charge is 0.374 e. The molecule has 7 nitrogen and oxygen atoms in total. The number of rotatable bonds is 11. The zero-order valence-corrected chi connectivity index (χ0v) is 25.2. The summed E-state index contributed by atoms with van der Waals surface area (Å²) in [4.78, 5) is 8.40. The Morgan fingerprint density at radius 1 is 0.750 bits per heavy atom. The van der Waals surface area contributed by atoms with Gasteiger partial charge in [-0.3, -0.25) is 0 Å². The van der Waals surface area contributed by atoms with E-state index in [9.17, 15) is 5.26 Å². The number of hydrogen-bond donors (Lipinski definition) is 0. The maximum absolute atomic E-state index is 10.9. The van der Waals surface area contributed by atoms with Crippen molar-refractivity contribution in [1.82, 2.24) is 9.97 Å². The van der Waals surface area contributed by atoms with Crippen LogP contribution in [0.3, 0.4) is 0 Å². The highest BCUT2D eigenvalue weighted by Gasteiger charge is 2.58. The highest BCUT2D eigenvalue weighted by atomic mass is 35.5. The molecule has 0 N–H and O–H groups in total. The summed E-state index contributed by atoms with van der Waals surface area (Å²) in [7, 11) is 0. The highest BCUT2D eigenvalue weighted by Crippen LogP contribution is 2.44. The Labute approximate surface area is 265 Å². The second-order valence-corrected chi connectivity index (χ2v) is 11.2. The van der Waals surface area contributed by atoms with Crippen molar-refractivity contribution in [1.29, 1.82) is 5.26 Å². The molecular weight excluding hydrogens is 597 g/mol. The number of aromatic nitrogens is 2. The zero-order chi connectivity index (χ0) is 30.4. The van der Waals surface area contributed by atoms with Gasteiger partial charge in [0.15, 0.2) is 0 Å². The fraction of sp³-hybridized carbons (Fsp3) is 0.229. The van der Waals surface area contributed by atoms with Crippen LogP contribution >= 0.6 is 23.2 Å². The molecule has 1 aliphatic rings. The number of benzene rings is 4. The van der Waals surface area contributed by atoms with Gasteiger partial charge in [0, 0.05) is 10.9 Å². The molecule has 44 heavy (non-hydrogen) atoms. The van der Waals surface area contributed by atoms with Crippen molar-refractivity contribution >= 4 is 34.1 Å². The molecule has 4 aromatic carbocycles. The first-order valence-corrected chi connectivity index (χ1v) is 15.0. The summed E-state index contributed by atoms with van der Waals surface area (Å²) < 4.78 is 26.0. The fourth-order valence-electron chi connectivity index (χ4n) is 5.41. The molecule has 0 unspecified atom stereocenters. The van der Waals surface area contributed by atoms with Gasteiger partial charge in [0.2, 0.25) is 10.9 Å². The quantitative estimate of drug-likeness (QED) is 0.111. The fourth-order valence-corrected chi connectivity index (χ4v) is 5.87. The van der Waals surface area contributed by atoms with Crippen LogP contribution in [0.15, 0.2) is 109 Å². The monoisotopic (exact) mass is 625 g/mol. The van der Waals surface area contributed by atoms with E-state index < -0.39 is 23.9 Å². The second kappa shape index (κ2) is 13.8. The van der Waals surface area contributed by atoms with Gasteiger partial charge in [-0.15, -0.1) is 0 Å². The summed E-state index contributed by atoms with van der Waals surface area (Å²) in [6, 6.07) is 37.3. The van der Waals surface area contributed by atoms with Gasteiger partial charge in [-0.2, -0.15) is 5.26 Å². The van der Waals surface area contributed by atoms with Gasteiger partial charge < -0.3 is 18.9 Å². The van der Waals surface area contributed by atoms with Crippen molar-refractivity contribution < 1.29 is 18.9 Å². The van der Waals surface area contributed by atoms with E-state index in [1.165, 1.54) is 0 Å². The number of ether oxygens (including phenoxy) is 4. The lowest BCUT2D eigenvalue weighted by molar-refractivity contribution is -0.0952. The van der Waals surface area contributed by atoms with E-state index in [4.69, 9.17) is 42.1 Å². The van der Waals surface area contributed by atoms with Crippen molar-refractivity contribution in [3.63, 3.8) is 0 Å². The second-order valence-electron chi connectivity index (χ2n) is 10.5. The van der Waals surface area contributed by atoms with Gasteiger partial charge in [0.25, 0.3) is 0 Å². The summed E-state index contributed by atoms with van der Waals surface area (Å²) >= 11 is 12.5. The van der Waals surface area contributed by atoms with E-state index in [1.807, 2.05) is 91.0 Å². The minimum atomic E-state index is -1.56. The van der Waals surface area contributed by atoms with Crippen molar-refractivity contribution in [2.75, 3.05) is 6.61 Å². The van der Waals surface area contributed by atoms with Crippen LogP contribution in [0.2, 0.25) is 10.4 Å². The summed E-state index contributed by atoms with van der Waals surface area (Å²) in [6.45, 7) is 1.10. The third kappa shape index (κ3) is 6.62. The van der Waals surface area contributed by atoms with Crippen molar-refractivity contribution in [3.05, 3.63) is 142 Å². The molecule has 0 aliphatic carbocycles. The predicted octanol–water partition coefficient (Wildman–Crippen LogP) is 7.44. The first kappa shape index (κ1) is 30.2. The molecule has 0 saturated carbocycles. The Kier molecular flexibility index (Phi) is 9.48. The predicted molar refractivity (Wildman–Crippen MR) is 168 cm³/mol. The van der Waals surface area contributed by atoms with Gasteiger partial charge in [0.05, 0.1) is 31.9 Å². The Balaban J connectivity index is 1.38. The van der Waals surface area contributed by atoms with Crippen molar-refractivity contribution in [3.8, 4) is 6.07 Å². The highest BCUT2D eigenvalue weighted by molar-refractivity contribution is 6.35. The minimum Gasteiger partial charge on any atom is -0.374 e. The Bertz CT molecular complexity index is 1740. The number of hydrogen-bond acceptors (Lipinski definition) is 7. The van der Waals surface area contributed by atoms with Gasteiger partial charge in [-0.25, -0.2) is 9.97 Å². The van der Waals surface area contributed by atoms with Crippen LogP contribution in [0.1, 0.15) is 22.3 Å². The lowest BCUT2D eigenvalue weighted by atomic mass is 9.87. The molecule has 9 heteroatoms. The maximum atomic E-state index is 10.9. The van der Waals surface area contributed by atoms with E-state index >= 15 is 0 Å². The molecule has 0 amide bonds. The maximum Gasteiger partial charge on any atom is 0.224 e. The summed E-state index contributed by atoms with van der Waals surface area (Å²) in [6.07, 6.45) is -2.11. The van der Waals surface area contributed by atoms with Crippen LogP contribution in [0, 0.1) is 11.3 Å². The van der Waals surface area contributed by atoms with Crippen LogP contribution in [-0.2, 0) is 44.4 Å². The smallest absolute Gasteiger partial charge is 0.224 e. The molecular formula is C35H29Cl2N3O4. The van der Waals surface area contributed by atoms with E-state index in [1.54, 1.807) is 18.2 Å². The van der Waals surface area contributed by atoms with Gasteiger partial charge in [0.1, 0.15) is 29.5 Å². The summed E-state index contributed by atoms with van der Waals surface area (Å²) in [5.41, 5.74) is 2.43. The molecule has 1 fully saturated rings. The average Bonchev–Trinajstić information content (AvgIpc) is 3.37. The standard InChI is InChI=1S/C35H29Cl2N3O4/c36-33-28-17-16-27(18-29(28)39-34(37)40-33)35(23-38)32(43-21-26-14-8-3-9-15-26)31(42-20-25-12-6-2-7-13-25)30(44-35)22-41-19-24-10-4-1-5-11-24/h1-18,30-32H,19-22H2/t30-,31-,32-,35+/m1/s1. The normalized spacial score (nSPS) is 21.3. The molecule has 0 bridgehead atoms. The van der Waals surface area contributed by atoms with E-state index in [0.29, 0.717) is 29.7 Å². The number of halogens is 2. The molecule has 6 rings (SSSR count). The third-order valence-electron chi connectivity index (χ3n) is 7.57. The molecule has 2 heterocycles. The molecule has 0 radical (unpaired) electrons. The number of nitriles is 1. The van der Waals surface area contributed by atoms with Crippen LogP contribution < -0.4 is 0 Å². The van der Waals surface area contributed by atoms with Gasteiger partial charge >= 0.3 is 0 Å². The third-order valence-corrected chi connectivity index (χ3v) is 8.03. The van der Waals surface area contributed by atoms with Crippen LogP contribution in [-0.4, -0.2) is 34.9 Å². The summed E-state index contributed by atoms with van der Waals surface area (Å²) in [5.74, 6) is 0. The molecule has 222 valence electrons. The molecule has 0 spiro atoms. The van der Waals surface area contributed by atoms with Crippen molar-refractivity contribution in [2.45, 2.75) is 43.7 Å². The Hall–Kier alpha value is -3.87. The van der Waals surface area contributed by atoms with Crippen LogP contribution in [0.25, 0.3) is 10.9 Å². The van der Waals surface area contributed by atoms with Crippen molar-refractivity contribution in [2.24, 2.45) is 0 Å². The van der Waals surface area contributed by atoms with E-state index in [-0.39, 0.29) is 23.7 Å². The molecule has 4 atom stereocenters. The lowest BCUT2D eigenvalue weighted by Crippen LogP contribution is -2.43. The number of nitrogens with zero attached hydrogens (tertiary/aromatic N) is 3. The van der Waals surface area contributed by atoms with Crippen LogP contribution in [0.5, 0.6) is 0 Å². The van der Waals surface area contributed by atoms with Crippen LogP contribution in [0.4, 0.5) is 0 Å². The average molecular weight is 627 g/mol. The van der Waals surface area contributed by atoms with Gasteiger partial charge in [-0.05, 0) is 40.4 Å². The molecule has 5 aromatic rings. The first-order chi connectivity index (χ1) is 21.6. The topological polar surface area (TPSA) is 86.5 Å². The lowest BCUT2D eigenvalue weighted by Gasteiger charge is -2.30. The SMILES string of the molecule is N#C[C@@]1(c2ccc3c(Cl)nc(Cl)nc3c2)O[C@H](COCc2ccccc2)[C@@H](OCc2ccccc2)[C@H]1OCc1ccccc1. The van der Waals surface area contributed by atoms with E-state index in [0.717, 1.165) is 16.7 Å². The Morgan fingerprint density at radius 2 is 1.34 bits per heavy atom. The van der Waals surface area contributed by atoms with E-state index in [2.05, 4.69) is 16.0 Å². The zero-order valence-electron chi connectivity index (χ0n) is 23.7. The molecule has 1 saturated heterocycles. The molecule has 1 aliphatic heterocycles.